The molecule has 0 bridgehead atoms. The van der Waals surface area contributed by atoms with Gasteiger partial charge in [-0.05, 0) is 20.8 Å². The van der Waals surface area contributed by atoms with Gasteiger partial charge in [-0.3, -0.25) is 18.9 Å². The van der Waals surface area contributed by atoms with Crippen LogP contribution in [-0.2, 0) is 13.8 Å². The van der Waals surface area contributed by atoms with Crippen molar-refractivity contribution in [2.75, 3.05) is 6.61 Å². The maximum Gasteiger partial charge on any atom is 0.469 e. The Bertz CT molecular complexity index is 1010. The van der Waals surface area contributed by atoms with Gasteiger partial charge in [-0.1, -0.05) is 5.21 Å². The van der Waals surface area contributed by atoms with Crippen molar-refractivity contribution in [3.05, 3.63) is 44.0 Å². The molecule has 13 heteroatoms. The standard InChI is InChI=1S/C14H20N5O7P/c1-7-5-18(14(21)15-13(7)20)12-4-10(19-9(3)8(2)16-17-19)11(26-12)6-25-27(22,23)24/h5,10-12H,4,6H2,1-3H3,(H,15,20,21)(H2,22,23,24)/t10-,11+,12+/m0/s1. The molecule has 148 valence electrons. The summed E-state index contributed by atoms with van der Waals surface area (Å²) in [5, 5.41) is 8.06. The zero-order chi connectivity index (χ0) is 19.9. The third-order valence-corrected chi connectivity index (χ3v) is 5.03. The Hall–Kier alpha value is -2.11. The molecule has 0 unspecified atom stereocenters. The summed E-state index contributed by atoms with van der Waals surface area (Å²) in [6.45, 7) is 4.74. The maximum absolute atomic E-state index is 12.2. The maximum atomic E-state index is 12.2. The first-order valence-electron chi connectivity index (χ1n) is 8.13. The molecule has 12 nitrogen and oxygen atoms in total. The van der Waals surface area contributed by atoms with E-state index in [1.807, 2.05) is 0 Å². The summed E-state index contributed by atoms with van der Waals surface area (Å²) in [4.78, 5) is 43.9. The summed E-state index contributed by atoms with van der Waals surface area (Å²) in [7, 11) is -4.70. The molecule has 0 amide bonds. The first kappa shape index (κ1) is 19.6. The number of phosphoric ester groups is 1. The minimum absolute atomic E-state index is 0.268. The van der Waals surface area contributed by atoms with Crippen molar-refractivity contribution in [3.8, 4) is 0 Å². The monoisotopic (exact) mass is 401 g/mol. The summed E-state index contributed by atoms with van der Waals surface area (Å²) < 4.78 is 24.3. The topological polar surface area (TPSA) is 162 Å². The van der Waals surface area contributed by atoms with Crippen LogP contribution in [0.15, 0.2) is 15.8 Å². The average molecular weight is 401 g/mol. The number of nitrogens with one attached hydrogen (secondary N) is 1. The predicted molar refractivity (Wildman–Crippen MR) is 91.1 cm³/mol. The van der Waals surface area contributed by atoms with Crippen LogP contribution in [0.4, 0.5) is 0 Å². The molecule has 0 saturated carbocycles. The number of nitrogens with zero attached hydrogens (tertiary/aromatic N) is 4. The quantitative estimate of drug-likeness (QED) is 0.571. The van der Waals surface area contributed by atoms with Gasteiger partial charge in [0.2, 0.25) is 0 Å². The van der Waals surface area contributed by atoms with Crippen LogP contribution < -0.4 is 11.2 Å². The summed E-state index contributed by atoms with van der Waals surface area (Å²) in [6.07, 6.45) is 0.0903. The Morgan fingerprint density at radius 3 is 2.67 bits per heavy atom. The first-order valence-corrected chi connectivity index (χ1v) is 9.66. The van der Waals surface area contributed by atoms with E-state index in [4.69, 9.17) is 14.5 Å². The van der Waals surface area contributed by atoms with E-state index in [1.165, 1.54) is 10.8 Å². The molecule has 1 saturated heterocycles. The summed E-state index contributed by atoms with van der Waals surface area (Å²) in [5.74, 6) is 0. The Kier molecular flexibility index (Phi) is 5.19. The van der Waals surface area contributed by atoms with Crippen molar-refractivity contribution >= 4 is 7.82 Å². The van der Waals surface area contributed by atoms with Crippen molar-refractivity contribution in [1.82, 2.24) is 24.5 Å². The number of aromatic nitrogens is 5. The van der Waals surface area contributed by atoms with Gasteiger partial charge in [0.25, 0.3) is 5.56 Å². The fourth-order valence-electron chi connectivity index (χ4n) is 3.00. The lowest BCUT2D eigenvalue weighted by Gasteiger charge is -2.19. The van der Waals surface area contributed by atoms with Crippen LogP contribution in [0.2, 0.25) is 0 Å². The van der Waals surface area contributed by atoms with Crippen LogP contribution >= 0.6 is 7.82 Å². The Morgan fingerprint density at radius 2 is 2.07 bits per heavy atom. The minimum atomic E-state index is -4.70. The van der Waals surface area contributed by atoms with Crippen LogP contribution in [0, 0.1) is 20.8 Å². The van der Waals surface area contributed by atoms with E-state index in [9.17, 15) is 14.2 Å². The molecule has 1 aliphatic rings. The fraction of sp³-hybridized carbons (Fsp3) is 0.571. The lowest BCUT2D eigenvalue weighted by Crippen LogP contribution is -2.33. The highest BCUT2D eigenvalue weighted by Gasteiger charge is 2.40. The molecule has 0 radical (unpaired) electrons. The number of phosphoric acid groups is 1. The minimum Gasteiger partial charge on any atom is -0.350 e. The summed E-state index contributed by atoms with van der Waals surface area (Å²) in [5.41, 5.74) is 0.658. The number of hydrogen-bond donors (Lipinski definition) is 3. The van der Waals surface area contributed by atoms with E-state index in [2.05, 4.69) is 19.8 Å². The Balaban J connectivity index is 1.95. The molecule has 3 N–H and O–H groups in total. The molecule has 27 heavy (non-hydrogen) atoms. The van der Waals surface area contributed by atoms with Crippen LogP contribution in [-0.4, -0.2) is 47.0 Å². The van der Waals surface area contributed by atoms with Gasteiger partial charge in [0.15, 0.2) is 0 Å². The van der Waals surface area contributed by atoms with Gasteiger partial charge < -0.3 is 14.5 Å². The van der Waals surface area contributed by atoms with E-state index >= 15 is 0 Å². The third kappa shape index (κ3) is 4.09. The first-order chi connectivity index (χ1) is 12.6. The van der Waals surface area contributed by atoms with Gasteiger partial charge in [-0.25, -0.2) is 14.0 Å². The largest absolute Gasteiger partial charge is 0.469 e. The van der Waals surface area contributed by atoms with Crippen molar-refractivity contribution < 1.29 is 23.6 Å². The molecule has 3 heterocycles. The Labute approximate surface area is 153 Å². The zero-order valence-corrected chi connectivity index (χ0v) is 15.8. The van der Waals surface area contributed by atoms with Gasteiger partial charge in [0.1, 0.15) is 12.3 Å². The molecule has 0 aromatic carbocycles. The van der Waals surface area contributed by atoms with E-state index in [0.29, 0.717) is 11.3 Å². The number of ether oxygens (including phenoxy) is 1. The predicted octanol–water partition coefficient (Wildman–Crippen LogP) is -0.309. The molecule has 0 aliphatic carbocycles. The van der Waals surface area contributed by atoms with Crippen LogP contribution in [0.25, 0.3) is 0 Å². The molecular formula is C14H20N5O7P. The number of H-pyrrole nitrogens is 1. The highest BCUT2D eigenvalue weighted by Crippen LogP contribution is 2.41. The second kappa shape index (κ2) is 7.13. The van der Waals surface area contributed by atoms with E-state index in [1.54, 1.807) is 25.5 Å². The molecule has 3 atom stereocenters. The highest BCUT2D eigenvalue weighted by molar-refractivity contribution is 7.46. The van der Waals surface area contributed by atoms with Crippen molar-refractivity contribution in [2.45, 2.75) is 45.6 Å². The summed E-state index contributed by atoms with van der Waals surface area (Å²) in [6, 6.07) is -0.470. The Morgan fingerprint density at radius 1 is 1.37 bits per heavy atom. The second-order valence-electron chi connectivity index (χ2n) is 6.40. The fourth-order valence-corrected chi connectivity index (χ4v) is 3.34. The molecule has 3 rings (SSSR count). The molecule has 1 aliphatic heterocycles. The van der Waals surface area contributed by atoms with E-state index in [0.717, 1.165) is 5.69 Å². The zero-order valence-electron chi connectivity index (χ0n) is 14.9. The smallest absolute Gasteiger partial charge is 0.350 e. The van der Waals surface area contributed by atoms with Gasteiger partial charge in [0.05, 0.1) is 24.0 Å². The lowest BCUT2D eigenvalue weighted by atomic mass is 10.1. The number of hydrogen-bond acceptors (Lipinski definition) is 7. The van der Waals surface area contributed by atoms with Crippen molar-refractivity contribution in [3.63, 3.8) is 0 Å². The normalized spacial score (nSPS) is 23.1. The average Bonchev–Trinajstić information content (AvgIpc) is 3.12. The number of aromatic amines is 1. The van der Waals surface area contributed by atoms with Crippen LogP contribution in [0.1, 0.15) is 35.6 Å². The van der Waals surface area contributed by atoms with Crippen LogP contribution in [0.3, 0.4) is 0 Å². The second-order valence-corrected chi connectivity index (χ2v) is 7.64. The molecular weight excluding hydrogens is 381 g/mol. The van der Waals surface area contributed by atoms with Gasteiger partial charge in [-0.2, -0.15) is 0 Å². The van der Waals surface area contributed by atoms with E-state index < -0.39 is 44.1 Å². The van der Waals surface area contributed by atoms with Crippen molar-refractivity contribution in [2.24, 2.45) is 0 Å². The highest BCUT2D eigenvalue weighted by atomic mass is 31.2. The van der Waals surface area contributed by atoms with Gasteiger partial charge in [0, 0.05) is 18.2 Å². The molecule has 2 aromatic rings. The summed E-state index contributed by atoms with van der Waals surface area (Å²) >= 11 is 0. The van der Waals surface area contributed by atoms with Gasteiger partial charge >= 0.3 is 13.5 Å². The molecule has 2 aromatic heterocycles. The SMILES string of the molecule is Cc1nnn([C@H]2C[C@H](n3cc(C)c(=O)[nH]c3=O)O[C@@H]2COP(=O)(O)O)c1C. The van der Waals surface area contributed by atoms with E-state index in [-0.39, 0.29) is 6.42 Å². The van der Waals surface area contributed by atoms with Crippen LogP contribution in [0.5, 0.6) is 0 Å². The number of aryl methyl sites for hydroxylation is 2. The lowest BCUT2D eigenvalue weighted by molar-refractivity contribution is -0.0320. The van der Waals surface area contributed by atoms with Crippen molar-refractivity contribution in [1.29, 1.82) is 0 Å². The molecule has 1 fully saturated rings. The van der Waals surface area contributed by atoms with Gasteiger partial charge in [-0.15, -0.1) is 5.10 Å². The number of rotatable bonds is 5. The molecule has 0 spiro atoms. The third-order valence-electron chi connectivity index (χ3n) is 4.54.